The smallest absolute Gasteiger partial charge is 0.407 e. The van der Waals surface area contributed by atoms with Crippen molar-refractivity contribution in [2.45, 2.75) is 52.1 Å². The van der Waals surface area contributed by atoms with Crippen molar-refractivity contribution in [3.8, 4) is 11.8 Å². The molecule has 0 atom stereocenters. The molecule has 1 N–H and O–H groups in total. The lowest BCUT2D eigenvalue weighted by Gasteiger charge is -2.20. The molecule has 1 aromatic rings. The number of alkyl carbamates (subject to hydrolysis) is 1. The first-order valence-electron chi connectivity index (χ1n) is 9.00. The maximum Gasteiger partial charge on any atom is 0.407 e. The van der Waals surface area contributed by atoms with Crippen LogP contribution in [0.4, 0.5) is 10.5 Å². The van der Waals surface area contributed by atoms with E-state index in [1.807, 2.05) is 12.1 Å². The normalized spacial score (nSPS) is 12.7. The topological polar surface area (TPSA) is 101 Å². The highest BCUT2D eigenvalue weighted by atomic mass is 16.6. The van der Waals surface area contributed by atoms with Crippen LogP contribution in [0.2, 0.25) is 0 Å². The SMILES string of the molecule is CC(C)(C)OC(=O)NCCCOc1ccc2c(c1C(=O)CC#N)N=CCC2. The lowest BCUT2D eigenvalue weighted by atomic mass is 9.97. The van der Waals surface area contributed by atoms with Gasteiger partial charge in [0.2, 0.25) is 0 Å². The van der Waals surface area contributed by atoms with Gasteiger partial charge in [0.1, 0.15) is 11.4 Å². The molecule has 1 aromatic carbocycles. The molecule has 0 radical (unpaired) electrons. The third-order valence-electron chi connectivity index (χ3n) is 3.75. The lowest BCUT2D eigenvalue weighted by molar-refractivity contribution is 0.0525. The first-order chi connectivity index (χ1) is 12.8. The van der Waals surface area contributed by atoms with Crippen LogP contribution < -0.4 is 10.1 Å². The van der Waals surface area contributed by atoms with Crippen molar-refractivity contribution in [3.63, 3.8) is 0 Å². The number of ether oxygens (including phenoxy) is 2. The van der Waals surface area contributed by atoms with E-state index in [9.17, 15) is 9.59 Å². The van der Waals surface area contributed by atoms with Gasteiger partial charge in [0, 0.05) is 12.8 Å². The Kier molecular flexibility index (Phi) is 6.94. The highest BCUT2D eigenvalue weighted by Crippen LogP contribution is 2.36. The average molecular weight is 371 g/mol. The van der Waals surface area contributed by atoms with Crippen LogP contribution in [-0.4, -0.2) is 36.8 Å². The molecule has 0 unspecified atom stereocenters. The van der Waals surface area contributed by atoms with Crippen molar-refractivity contribution in [3.05, 3.63) is 23.3 Å². The van der Waals surface area contributed by atoms with E-state index < -0.39 is 11.7 Å². The van der Waals surface area contributed by atoms with E-state index in [1.54, 1.807) is 33.1 Å². The van der Waals surface area contributed by atoms with Crippen LogP contribution in [0.25, 0.3) is 0 Å². The van der Waals surface area contributed by atoms with E-state index in [1.165, 1.54) is 0 Å². The molecule has 144 valence electrons. The molecule has 1 heterocycles. The Hall–Kier alpha value is -2.88. The fraction of sp³-hybridized carbons (Fsp3) is 0.500. The van der Waals surface area contributed by atoms with Crippen molar-refractivity contribution in [1.29, 1.82) is 5.26 Å². The van der Waals surface area contributed by atoms with Gasteiger partial charge in [0.15, 0.2) is 5.78 Å². The molecular formula is C20H25N3O4. The van der Waals surface area contributed by atoms with Crippen molar-refractivity contribution >= 4 is 23.8 Å². The number of carbonyl (C=O) groups excluding carboxylic acids is 2. The van der Waals surface area contributed by atoms with E-state index in [-0.39, 0.29) is 12.2 Å². The Morgan fingerprint density at radius 2 is 2.11 bits per heavy atom. The van der Waals surface area contributed by atoms with Gasteiger partial charge in [-0.25, -0.2) is 4.79 Å². The number of carbonyl (C=O) groups is 2. The average Bonchev–Trinajstić information content (AvgIpc) is 2.59. The standard InChI is InChI=1S/C20H25N3O4/c1-20(2,3)27-19(25)23-12-5-13-26-16-8-7-14-6-4-11-22-18(14)17(16)15(24)9-10-21/h7-8,11H,4-6,9,12-13H2,1-3H3,(H,23,25). The second-order valence-corrected chi connectivity index (χ2v) is 7.19. The number of aliphatic imine (C=N–C) groups is 1. The molecule has 1 aliphatic heterocycles. The number of fused-ring (bicyclic) bond motifs is 1. The van der Waals surface area contributed by atoms with Crippen molar-refractivity contribution < 1.29 is 19.1 Å². The van der Waals surface area contributed by atoms with E-state index in [4.69, 9.17) is 14.7 Å². The minimum absolute atomic E-state index is 0.220. The summed E-state index contributed by atoms with van der Waals surface area (Å²) >= 11 is 0. The Morgan fingerprint density at radius 1 is 1.33 bits per heavy atom. The molecule has 0 bridgehead atoms. The molecule has 0 saturated carbocycles. The third kappa shape index (κ3) is 6.10. The summed E-state index contributed by atoms with van der Waals surface area (Å²) in [5, 5.41) is 11.5. The van der Waals surface area contributed by atoms with E-state index in [0.717, 1.165) is 18.4 Å². The zero-order valence-electron chi connectivity index (χ0n) is 16.0. The van der Waals surface area contributed by atoms with Crippen LogP contribution in [-0.2, 0) is 11.2 Å². The lowest BCUT2D eigenvalue weighted by Crippen LogP contribution is -2.33. The van der Waals surface area contributed by atoms with Crippen molar-refractivity contribution in [1.82, 2.24) is 5.32 Å². The van der Waals surface area contributed by atoms with Gasteiger partial charge in [-0.05, 0) is 51.7 Å². The number of nitrogens with one attached hydrogen (secondary N) is 1. The summed E-state index contributed by atoms with van der Waals surface area (Å²) in [5.74, 6) is 0.126. The quantitative estimate of drug-likeness (QED) is 0.581. The van der Waals surface area contributed by atoms with Gasteiger partial charge in [-0.3, -0.25) is 9.79 Å². The van der Waals surface area contributed by atoms with E-state index >= 15 is 0 Å². The maximum atomic E-state index is 12.4. The molecule has 1 amide bonds. The molecule has 0 saturated heterocycles. The van der Waals surface area contributed by atoms with Crippen LogP contribution in [0, 0.1) is 11.3 Å². The largest absolute Gasteiger partial charge is 0.493 e. The van der Waals surface area contributed by atoms with Crippen LogP contribution in [0.5, 0.6) is 5.75 Å². The third-order valence-corrected chi connectivity index (χ3v) is 3.75. The Morgan fingerprint density at radius 3 is 2.81 bits per heavy atom. The number of benzene rings is 1. The minimum Gasteiger partial charge on any atom is -0.493 e. The number of hydrogen-bond donors (Lipinski definition) is 1. The summed E-state index contributed by atoms with van der Waals surface area (Å²) in [6.45, 7) is 6.10. The molecule has 0 spiro atoms. The number of Topliss-reactive ketones (excluding diaryl/α,β-unsaturated/α-hetero) is 1. The number of aryl methyl sites for hydroxylation is 1. The van der Waals surface area contributed by atoms with Gasteiger partial charge >= 0.3 is 6.09 Å². The van der Waals surface area contributed by atoms with Crippen molar-refractivity contribution in [2.75, 3.05) is 13.2 Å². The Labute approximate surface area is 159 Å². The monoisotopic (exact) mass is 371 g/mol. The number of nitriles is 1. The molecule has 27 heavy (non-hydrogen) atoms. The molecule has 0 aromatic heterocycles. The molecule has 7 nitrogen and oxygen atoms in total. The van der Waals surface area contributed by atoms with Crippen LogP contribution in [0.15, 0.2) is 17.1 Å². The van der Waals surface area contributed by atoms with Crippen molar-refractivity contribution in [2.24, 2.45) is 4.99 Å². The molecule has 1 aliphatic rings. The fourth-order valence-corrected chi connectivity index (χ4v) is 2.65. The highest BCUT2D eigenvalue weighted by molar-refractivity contribution is 6.05. The van der Waals surface area contributed by atoms with Gasteiger partial charge in [-0.1, -0.05) is 6.07 Å². The number of nitrogens with zero attached hydrogens (tertiary/aromatic N) is 2. The summed E-state index contributed by atoms with van der Waals surface area (Å²) in [4.78, 5) is 28.4. The molecule has 7 heteroatoms. The zero-order valence-corrected chi connectivity index (χ0v) is 16.0. The van der Waals surface area contributed by atoms with Gasteiger partial charge in [0.25, 0.3) is 0 Å². The van der Waals surface area contributed by atoms with E-state index in [0.29, 0.717) is 36.6 Å². The highest BCUT2D eigenvalue weighted by Gasteiger charge is 2.21. The summed E-state index contributed by atoms with van der Waals surface area (Å²) in [6, 6.07) is 5.55. The van der Waals surface area contributed by atoms with Gasteiger partial charge < -0.3 is 14.8 Å². The first-order valence-corrected chi connectivity index (χ1v) is 9.00. The fourth-order valence-electron chi connectivity index (χ4n) is 2.65. The molecule has 2 rings (SSSR count). The summed E-state index contributed by atoms with van der Waals surface area (Å²) in [7, 11) is 0. The zero-order chi connectivity index (χ0) is 19.9. The van der Waals surface area contributed by atoms with Crippen LogP contribution in [0.1, 0.15) is 56.0 Å². The maximum absolute atomic E-state index is 12.4. The first kappa shape index (κ1) is 20.4. The van der Waals surface area contributed by atoms with Crippen LogP contribution in [0.3, 0.4) is 0 Å². The minimum atomic E-state index is -0.541. The van der Waals surface area contributed by atoms with E-state index in [2.05, 4.69) is 10.3 Å². The predicted molar refractivity (Wildman–Crippen MR) is 102 cm³/mol. The van der Waals surface area contributed by atoms with Gasteiger partial charge in [-0.15, -0.1) is 0 Å². The number of amides is 1. The Bertz CT molecular complexity index is 773. The predicted octanol–water partition coefficient (Wildman–Crippen LogP) is 3.73. The van der Waals surface area contributed by atoms with Gasteiger partial charge in [0.05, 0.1) is 30.3 Å². The number of hydrogen-bond acceptors (Lipinski definition) is 6. The van der Waals surface area contributed by atoms with Crippen LogP contribution >= 0.6 is 0 Å². The molecular weight excluding hydrogens is 346 g/mol. The second-order valence-electron chi connectivity index (χ2n) is 7.19. The molecule has 0 fully saturated rings. The number of rotatable bonds is 7. The number of ketones is 1. The summed E-state index contributed by atoms with van der Waals surface area (Å²) in [6.07, 6.45) is 3.27. The van der Waals surface area contributed by atoms with Gasteiger partial charge in [-0.2, -0.15) is 5.26 Å². The second kappa shape index (κ2) is 9.17. The summed E-state index contributed by atoms with van der Waals surface area (Å²) < 4.78 is 10.9. The Balaban J connectivity index is 1.97. The summed E-state index contributed by atoms with van der Waals surface area (Å²) in [5.41, 5.74) is 1.41. The molecule has 0 aliphatic carbocycles.